The van der Waals surface area contributed by atoms with Gasteiger partial charge in [0, 0.05) is 11.8 Å². The van der Waals surface area contributed by atoms with Gasteiger partial charge in [0.25, 0.3) is 0 Å². The summed E-state index contributed by atoms with van der Waals surface area (Å²) in [4.78, 5) is 4.35. The van der Waals surface area contributed by atoms with Gasteiger partial charge >= 0.3 is 0 Å². The van der Waals surface area contributed by atoms with Crippen molar-refractivity contribution in [3.05, 3.63) is 48.7 Å². The average Bonchev–Trinajstić information content (AvgIpc) is 2.20. The first-order valence-corrected chi connectivity index (χ1v) is 4.34. The minimum Gasteiger partial charge on any atom is -0.257 e. The van der Waals surface area contributed by atoms with Gasteiger partial charge < -0.3 is 0 Å². The van der Waals surface area contributed by atoms with Crippen molar-refractivity contribution in [2.75, 3.05) is 0 Å². The van der Waals surface area contributed by atoms with Crippen molar-refractivity contribution in [1.29, 1.82) is 0 Å². The van der Waals surface area contributed by atoms with Crippen LogP contribution in [0.25, 0.3) is 11.3 Å². The zero-order valence-corrected chi connectivity index (χ0v) is 7.57. The van der Waals surface area contributed by atoms with Gasteiger partial charge in [-0.25, -0.2) is 0 Å². The van der Waals surface area contributed by atoms with Gasteiger partial charge in [0.05, 0.1) is 5.69 Å². The topological polar surface area (TPSA) is 12.9 Å². The molecule has 0 aliphatic rings. The van der Waals surface area contributed by atoms with E-state index in [1.54, 1.807) is 0 Å². The van der Waals surface area contributed by atoms with E-state index < -0.39 is 0 Å². The van der Waals surface area contributed by atoms with E-state index >= 15 is 0 Å². The molecule has 0 aliphatic heterocycles. The van der Waals surface area contributed by atoms with Crippen molar-refractivity contribution in [2.24, 2.45) is 0 Å². The molecular weight excluding hydrogens is 157 g/mol. The summed E-state index contributed by atoms with van der Waals surface area (Å²) in [5.74, 6) is 0. The summed E-state index contributed by atoms with van der Waals surface area (Å²) in [6.07, 6.45) is 1.89. The first kappa shape index (κ1) is 8.05. The van der Waals surface area contributed by atoms with Crippen molar-refractivity contribution < 1.29 is 0 Å². The Labute approximate surface area is 78.9 Å². The summed E-state index contributed by atoms with van der Waals surface area (Å²) in [5.41, 5.74) is 3.40. The Morgan fingerprint density at radius 3 is 2.31 bits per heavy atom. The van der Waals surface area contributed by atoms with Crippen LogP contribution in [0.2, 0.25) is 0 Å². The van der Waals surface area contributed by atoms with E-state index in [9.17, 15) is 0 Å². The van der Waals surface area contributed by atoms with Crippen molar-refractivity contribution in [1.82, 2.24) is 4.98 Å². The highest BCUT2D eigenvalue weighted by Crippen LogP contribution is 2.13. The van der Waals surface area contributed by atoms with Crippen LogP contribution in [-0.4, -0.2) is 12.8 Å². The van der Waals surface area contributed by atoms with E-state index in [0.29, 0.717) is 0 Å². The van der Waals surface area contributed by atoms with Crippen molar-refractivity contribution >= 4 is 13.3 Å². The molecule has 2 aromatic rings. The highest BCUT2D eigenvalue weighted by Gasteiger charge is 1.95. The summed E-state index contributed by atoms with van der Waals surface area (Å²) in [6, 6.07) is 14.3. The summed E-state index contributed by atoms with van der Waals surface area (Å²) >= 11 is 0. The predicted molar refractivity (Wildman–Crippen MR) is 57.9 cm³/mol. The van der Waals surface area contributed by atoms with E-state index in [2.05, 4.69) is 23.2 Å². The number of hydrogen-bond donors (Lipinski definition) is 0. The van der Waals surface area contributed by atoms with Crippen LogP contribution < -0.4 is 5.46 Å². The Kier molecular flexibility index (Phi) is 2.13. The zero-order chi connectivity index (χ0) is 9.10. The third-order valence-corrected chi connectivity index (χ3v) is 1.98. The third-order valence-electron chi connectivity index (χ3n) is 1.98. The molecule has 0 bridgehead atoms. The Morgan fingerprint density at radius 1 is 0.923 bits per heavy atom. The van der Waals surface area contributed by atoms with Gasteiger partial charge in [0.1, 0.15) is 7.85 Å². The van der Waals surface area contributed by atoms with Gasteiger partial charge in [-0.05, 0) is 6.07 Å². The van der Waals surface area contributed by atoms with Crippen LogP contribution in [0.5, 0.6) is 0 Å². The molecule has 1 aromatic carbocycles. The third kappa shape index (κ3) is 1.78. The predicted octanol–water partition coefficient (Wildman–Crippen LogP) is 1.01. The van der Waals surface area contributed by atoms with E-state index in [0.717, 1.165) is 5.69 Å². The van der Waals surface area contributed by atoms with Crippen molar-refractivity contribution in [3.8, 4) is 11.3 Å². The average molecular weight is 167 g/mol. The Morgan fingerprint density at radius 2 is 1.69 bits per heavy atom. The molecule has 0 radical (unpaired) electrons. The maximum Gasteiger partial charge on any atom is 0.141 e. The quantitative estimate of drug-likeness (QED) is 0.577. The van der Waals surface area contributed by atoms with Crippen LogP contribution in [0, 0.1) is 0 Å². The van der Waals surface area contributed by atoms with E-state index in [1.165, 1.54) is 11.0 Å². The van der Waals surface area contributed by atoms with Crippen LogP contribution in [0.4, 0.5) is 0 Å². The first-order chi connectivity index (χ1) is 6.36. The highest BCUT2D eigenvalue weighted by molar-refractivity contribution is 6.32. The van der Waals surface area contributed by atoms with Crippen LogP contribution >= 0.6 is 0 Å². The van der Waals surface area contributed by atoms with Crippen LogP contribution in [0.1, 0.15) is 0 Å². The molecule has 0 aliphatic carbocycles. The number of hydrogen-bond acceptors (Lipinski definition) is 1. The summed E-state index contributed by atoms with van der Waals surface area (Å²) in [5, 5.41) is 0. The number of aromatic nitrogens is 1. The minimum absolute atomic E-state index is 1.03. The fourth-order valence-electron chi connectivity index (χ4n) is 1.25. The molecule has 62 valence electrons. The largest absolute Gasteiger partial charge is 0.257 e. The summed E-state index contributed by atoms with van der Waals surface area (Å²) in [6.45, 7) is 0. The monoisotopic (exact) mass is 167 g/mol. The Hall–Kier alpha value is -1.57. The van der Waals surface area contributed by atoms with Gasteiger partial charge in [0.15, 0.2) is 0 Å². The molecule has 1 heterocycles. The van der Waals surface area contributed by atoms with Gasteiger partial charge in [-0.15, -0.1) is 0 Å². The van der Waals surface area contributed by atoms with E-state index in [4.69, 9.17) is 0 Å². The molecule has 1 aromatic heterocycles. The maximum absolute atomic E-state index is 4.35. The van der Waals surface area contributed by atoms with Crippen LogP contribution in [0.15, 0.2) is 48.7 Å². The van der Waals surface area contributed by atoms with Crippen molar-refractivity contribution in [3.63, 3.8) is 0 Å². The molecule has 0 atom stereocenters. The fourth-order valence-corrected chi connectivity index (χ4v) is 1.25. The number of nitrogens with zero attached hydrogens (tertiary/aromatic N) is 1. The lowest BCUT2D eigenvalue weighted by molar-refractivity contribution is 1.34. The second kappa shape index (κ2) is 3.44. The molecule has 0 saturated carbocycles. The molecule has 1 nitrogen and oxygen atoms in total. The number of benzene rings is 1. The highest BCUT2D eigenvalue weighted by atomic mass is 14.7. The fraction of sp³-hybridized carbons (Fsp3) is 0. The lowest BCUT2D eigenvalue weighted by Gasteiger charge is -1.99. The molecule has 0 spiro atoms. The zero-order valence-electron chi connectivity index (χ0n) is 7.57. The van der Waals surface area contributed by atoms with Gasteiger partial charge in [-0.2, -0.15) is 0 Å². The lowest BCUT2D eigenvalue weighted by Crippen LogP contribution is -2.01. The van der Waals surface area contributed by atoms with Crippen LogP contribution in [-0.2, 0) is 0 Å². The van der Waals surface area contributed by atoms with Gasteiger partial charge in [-0.1, -0.05) is 41.9 Å². The summed E-state index contributed by atoms with van der Waals surface area (Å²) in [7, 11) is 2.04. The molecule has 2 heteroatoms. The maximum atomic E-state index is 4.35. The lowest BCUT2D eigenvalue weighted by atomic mass is 9.98. The molecule has 0 unspecified atom stereocenters. The van der Waals surface area contributed by atoms with Crippen LogP contribution in [0.3, 0.4) is 0 Å². The Balaban J connectivity index is 2.42. The molecular formula is C11H10BN. The minimum atomic E-state index is 1.03. The first-order valence-electron chi connectivity index (χ1n) is 4.34. The SMILES string of the molecule is Bc1ccc(-c2ccccc2)nc1. The second-order valence-corrected chi connectivity index (χ2v) is 3.09. The van der Waals surface area contributed by atoms with E-state index in [-0.39, 0.29) is 0 Å². The summed E-state index contributed by atoms with van der Waals surface area (Å²) < 4.78 is 0. The van der Waals surface area contributed by atoms with Gasteiger partial charge in [0.2, 0.25) is 0 Å². The number of rotatable bonds is 1. The molecule has 0 saturated heterocycles. The normalized spacial score (nSPS) is 9.85. The Bertz CT molecular complexity index is 381. The molecule has 13 heavy (non-hydrogen) atoms. The smallest absolute Gasteiger partial charge is 0.141 e. The standard InChI is InChI=1S/C11H10BN/c12-10-6-7-11(13-8-10)9-4-2-1-3-5-9/h1-8H,12H2. The van der Waals surface area contributed by atoms with Gasteiger partial charge in [-0.3, -0.25) is 4.98 Å². The van der Waals surface area contributed by atoms with Crippen molar-refractivity contribution in [2.45, 2.75) is 0 Å². The second-order valence-electron chi connectivity index (χ2n) is 3.09. The molecule has 2 rings (SSSR count). The molecule has 0 amide bonds. The molecule has 0 fully saturated rings. The molecule has 0 N–H and O–H groups in total. The number of pyridine rings is 1. The van der Waals surface area contributed by atoms with E-state index in [1.807, 2.05) is 38.3 Å².